The van der Waals surface area contributed by atoms with Gasteiger partial charge < -0.3 is 9.41 Å². The molecule has 0 unspecified atom stereocenters. The van der Waals surface area contributed by atoms with Crippen LogP contribution in [-0.2, 0) is 20.5 Å². The van der Waals surface area contributed by atoms with Crippen molar-refractivity contribution in [1.29, 1.82) is 0 Å². The van der Waals surface area contributed by atoms with Gasteiger partial charge in [-0.1, -0.05) is 0 Å². The minimum Gasteiger partial charge on any atom is -1.00 e. The molecule has 0 aromatic rings. The van der Waals surface area contributed by atoms with Gasteiger partial charge in [0.1, 0.15) is 0 Å². The van der Waals surface area contributed by atoms with Gasteiger partial charge in [-0.15, -0.1) is 0 Å². The second-order valence-electron chi connectivity index (χ2n) is 2.57. The van der Waals surface area contributed by atoms with E-state index in [1.54, 1.807) is 0 Å². The Balaban J connectivity index is 0. The molecule has 0 heterocycles. The number of rotatable bonds is 1. The van der Waals surface area contributed by atoms with Crippen LogP contribution in [0.25, 0.3) is 0 Å². The minimum atomic E-state index is -0.0761. The molecule has 1 rings (SSSR count). The molecule has 0 spiro atoms. The van der Waals surface area contributed by atoms with E-state index >= 15 is 0 Å². The largest absolute Gasteiger partial charge is 1.00 e. The Bertz CT molecular complexity index is 212. The zero-order valence-electron chi connectivity index (χ0n) is 7.06. The fourth-order valence-corrected chi connectivity index (χ4v) is 1.34. The standard InChI is InChI=1S/C9H11O.Co.2FH/c10-8-9-6-4-2-1-3-5-7-9;;;/h1-2,7H,3-6H2;;2*1H/q;+2;;/p-2. The van der Waals surface area contributed by atoms with E-state index in [4.69, 9.17) is 0 Å². The first-order chi connectivity index (χ1) is 5.30. The Hall–Kier alpha value is -0.484. The minimum absolute atomic E-state index is 0. The molecule has 0 atom stereocenters. The molecular weight excluding hydrogens is 221 g/mol. The zero-order valence-corrected chi connectivity index (χ0v) is 8.10. The van der Waals surface area contributed by atoms with Crippen LogP contribution in [0.4, 0.5) is 0 Å². The van der Waals surface area contributed by atoms with Gasteiger partial charge in [0.2, 0.25) is 0 Å². The fraction of sp³-hybridized carbons (Fsp3) is 0.444. The van der Waals surface area contributed by atoms with Crippen molar-refractivity contribution in [3.63, 3.8) is 0 Å². The molecule has 0 aliphatic heterocycles. The van der Waals surface area contributed by atoms with Crippen LogP contribution >= 0.6 is 0 Å². The first-order valence-electron chi connectivity index (χ1n) is 3.82. The fourth-order valence-electron chi connectivity index (χ4n) is 1.10. The summed E-state index contributed by atoms with van der Waals surface area (Å²) in [4.78, 5) is 10.8. The van der Waals surface area contributed by atoms with Crippen molar-refractivity contribution in [2.75, 3.05) is 0 Å². The topological polar surface area (TPSA) is 17.1 Å². The molecule has 0 aromatic carbocycles. The molecular formula is C9H11CoF2O. The van der Waals surface area contributed by atoms with Gasteiger partial charge in [0.05, 0.1) is 0 Å². The normalized spacial score (nSPS) is 15.6. The molecule has 0 saturated heterocycles. The molecule has 0 radical (unpaired) electrons. The van der Waals surface area contributed by atoms with Crippen LogP contribution in [0.3, 0.4) is 0 Å². The van der Waals surface area contributed by atoms with E-state index in [2.05, 4.69) is 27.9 Å². The zero-order chi connectivity index (χ0) is 8.10. The molecule has 76 valence electrons. The summed E-state index contributed by atoms with van der Waals surface area (Å²) in [6.07, 6.45) is 10.1. The van der Waals surface area contributed by atoms with E-state index in [0.717, 1.165) is 31.3 Å². The summed E-state index contributed by atoms with van der Waals surface area (Å²) < 4.78 is -0.0761. The average Bonchev–Trinajstić information content (AvgIpc) is 1.84. The molecule has 1 aliphatic rings. The number of carbonyl (C=O) groups excluding carboxylic acids is 1. The second kappa shape index (κ2) is 8.13. The van der Waals surface area contributed by atoms with E-state index in [9.17, 15) is 4.79 Å². The van der Waals surface area contributed by atoms with Crippen LogP contribution in [-0.4, -0.2) is 4.72 Å². The van der Waals surface area contributed by atoms with Crippen LogP contribution in [0.5, 0.6) is 0 Å². The third kappa shape index (κ3) is 5.71. The van der Waals surface area contributed by atoms with Gasteiger partial charge in [-0.3, -0.25) is 0 Å². The van der Waals surface area contributed by atoms with Gasteiger partial charge in [-0.2, -0.15) is 0 Å². The molecule has 4 heteroatoms. The van der Waals surface area contributed by atoms with Crippen molar-refractivity contribution >= 4 is 4.72 Å². The second-order valence-corrected chi connectivity index (χ2v) is 3.04. The number of halogens is 2. The van der Waals surface area contributed by atoms with E-state index in [-0.39, 0.29) is 14.1 Å². The Morgan fingerprint density at radius 2 is 1.77 bits per heavy atom. The van der Waals surface area contributed by atoms with Crippen LogP contribution in [0.1, 0.15) is 25.7 Å². The van der Waals surface area contributed by atoms with Gasteiger partial charge in [0, 0.05) is 0 Å². The maximum Gasteiger partial charge on any atom is -1.00 e. The first kappa shape index (κ1) is 15.0. The summed E-state index contributed by atoms with van der Waals surface area (Å²) in [5.41, 5.74) is 0.870. The summed E-state index contributed by atoms with van der Waals surface area (Å²) >= 11 is 3.84. The van der Waals surface area contributed by atoms with Gasteiger partial charge in [-0.25, -0.2) is 0 Å². The summed E-state index contributed by atoms with van der Waals surface area (Å²) in [6.45, 7) is 0. The van der Waals surface area contributed by atoms with Crippen LogP contribution in [0.15, 0.2) is 23.8 Å². The van der Waals surface area contributed by atoms with Gasteiger partial charge in [0.25, 0.3) is 0 Å². The van der Waals surface area contributed by atoms with Crippen molar-refractivity contribution in [1.82, 2.24) is 0 Å². The van der Waals surface area contributed by atoms with E-state index < -0.39 is 0 Å². The monoisotopic (exact) mass is 232 g/mol. The number of carbonyl (C=O) groups is 1. The molecule has 0 aromatic heterocycles. The third-order valence-corrected chi connectivity index (χ3v) is 2.04. The van der Waals surface area contributed by atoms with Crippen molar-refractivity contribution in [2.24, 2.45) is 0 Å². The Morgan fingerprint density at radius 1 is 1.15 bits per heavy atom. The first-order valence-corrected chi connectivity index (χ1v) is 4.34. The smallest absolute Gasteiger partial charge is 1.00 e. The summed E-state index contributed by atoms with van der Waals surface area (Å²) in [5.74, 6) is 0. The van der Waals surface area contributed by atoms with Crippen molar-refractivity contribution < 1.29 is 29.9 Å². The predicted molar refractivity (Wildman–Crippen MR) is 40.7 cm³/mol. The van der Waals surface area contributed by atoms with Crippen molar-refractivity contribution in [2.45, 2.75) is 25.7 Å². The summed E-state index contributed by atoms with van der Waals surface area (Å²) in [7, 11) is 0. The van der Waals surface area contributed by atoms with Gasteiger partial charge in [-0.05, 0) is 0 Å². The predicted octanol–water partition coefficient (Wildman–Crippen LogP) is -3.88. The van der Waals surface area contributed by atoms with Crippen molar-refractivity contribution in [3.05, 3.63) is 23.8 Å². The van der Waals surface area contributed by atoms with E-state index in [1.807, 2.05) is 6.08 Å². The molecule has 0 fully saturated rings. The van der Waals surface area contributed by atoms with Gasteiger partial charge in [0.15, 0.2) is 0 Å². The van der Waals surface area contributed by atoms with Crippen LogP contribution < -0.4 is 9.41 Å². The van der Waals surface area contributed by atoms with Gasteiger partial charge >= 0.3 is 74.7 Å². The van der Waals surface area contributed by atoms with Crippen LogP contribution in [0, 0.1) is 0 Å². The molecule has 13 heavy (non-hydrogen) atoms. The maximum atomic E-state index is 10.8. The quantitative estimate of drug-likeness (QED) is 0.423. The van der Waals surface area contributed by atoms with E-state index in [0.29, 0.717) is 0 Å². The van der Waals surface area contributed by atoms with Crippen molar-refractivity contribution in [3.8, 4) is 0 Å². The third-order valence-electron chi connectivity index (χ3n) is 1.71. The maximum absolute atomic E-state index is 10.8. The average molecular weight is 232 g/mol. The summed E-state index contributed by atoms with van der Waals surface area (Å²) in [5, 5.41) is 0. The molecule has 0 saturated carbocycles. The number of hydrogen-bond donors (Lipinski definition) is 0. The Labute approximate surface area is 84.6 Å². The Kier molecular flexibility index (Phi) is 9.39. The molecule has 1 aliphatic carbocycles. The van der Waals surface area contributed by atoms with Crippen LogP contribution in [0.2, 0.25) is 0 Å². The SMILES string of the molecule is O=[C]([Co+2])C1=CCCC=CCC1.[F-].[F-]. The number of allylic oxidation sites excluding steroid dienone is 4. The molecule has 1 nitrogen and oxygen atoms in total. The Morgan fingerprint density at radius 3 is 2.38 bits per heavy atom. The molecule has 0 N–H and O–H groups in total. The summed E-state index contributed by atoms with van der Waals surface area (Å²) in [6, 6.07) is 0. The number of hydrogen-bond acceptors (Lipinski definition) is 1. The molecule has 0 amide bonds. The van der Waals surface area contributed by atoms with E-state index in [1.165, 1.54) is 0 Å². The molecule has 0 bridgehead atoms.